The second-order valence-corrected chi connectivity index (χ2v) is 7.57. The molecule has 0 saturated carbocycles. The highest BCUT2D eigenvalue weighted by Crippen LogP contribution is 2.17. The Morgan fingerprint density at radius 3 is 2.00 bits per heavy atom. The molecule has 1 N–H and O–H groups in total. The van der Waals surface area contributed by atoms with Gasteiger partial charge in [0.2, 0.25) is 0 Å². The lowest BCUT2D eigenvalue weighted by atomic mass is 10.1. The summed E-state index contributed by atoms with van der Waals surface area (Å²) in [6.45, 7) is 1.17. The monoisotopic (exact) mass is 453 g/mol. The molecule has 0 heterocycles. The second-order valence-electron chi connectivity index (χ2n) is 6.66. The minimum Gasteiger partial charge on any atom is -0.377 e. The maximum atomic E-state index is 11.8. The van der Waals surface area contributed by atoms with Crippen LogP contribution in [-0.2, 0) is 27.5 Å². The van der Waals surface area contributed by atoms with Gasteiger partial charge in [0.1, 0.15) is 6.10 Å². The van der Waals surface area contributed by atoms with E-state index in [1.165, 1.54) is 0 Å². The number of anilines is 1. The molecule has 2 atom stereocenters. The minimum atomic E-state index is -0.644. The van der Waals surface area contributed by atoms with Gasteiger partial charge in [-0.3, -0.25) is 0 Å². The minimum absolute atomic E-state index is 0.318. The fourth-order valence-corrected chi connectivity index (χ4v) is 3.14. The van der Waals surface area contributed by atoms with Crippen molar-refractivity contribution in [3.05, 3.63) is 101 Å². The predicted octanol–water partition coefficient (Wildman–Crippen LogP) is 5.23. The summed E-state index contributed by atoms with van der Waals surface area (Å²) in [5, 5.41) is 3.38. The van der Waals surface area contributed by atoms with Crippen LogP contribution in [0.2, 0.25) is 0 Å². The number of aldehydes is 1. The lowest BCUT2D eigenvalue weighted by Gasteiger charge is -2.25. The van der Waals surface area contributed by atoms with E-state index in [-0.39, 0.29) is 6.04 Å². The number of halogens is 1. The molecule has 150 valence electrons. The Hall–Kier alpha value is -2.47. The Balaban J connectivity index is 1.65. The highest BCUT2D eigenvalue weighted by molar-refractivity contribution is 9.10. The molecule has 0 amide bonds. The van der Waals surface area contributed by atoms with Crippen LogP contribution in [0.3, 0.4) is 0 Å². The Morgan fingerprint density at radius 2 is 1.41 bits per heavy atom. The van der Waals surface area contributed by atoms with Gasteiger partial charge in [-0.2, -0.15) is 0 Å². The zero-order valence-electron chi connectivity index (χ0n) is 16.0. The molecule has 0 saturated heterocycles. The lowest BCUT2D eigenvalue weighted by molar-refractivity contribution is -0.121. The fraction of sp³-hybridized carbons (Fsp3) is 0.208. The molecule has 0 unspecified atom stereocenters. The van der Waals surface area contributed by atoms with E-state index in [2.05, 4.69) is 21.2 Å². The molecule has 0 aliphatic carbocycles. The SMILES string of the molecule is O=C[C@@H](OCc1ccccc1)[C@@H](COCc1ccccc1)Nc1ccc(Br)cc1. The average molecular weight is 454 g/mol. The summed E-state index contributed by atoms with van der Waals surface area (Å²) in [6.07, 6.45) is 0.195. The van der Waals surface area contributed by atoms with E-state index in [1.54, 1.807) is 0 Å². The molecule has 0 aliphatic heterocycles. The molecule has 0 aliphatic rings. The number of nitrogens with one attached hydrogen (secondary N) is 1. The average Bonchev–Trinajstić information content (AvgIpc) is 2.77. The van der Waals surface area contributed by atoms with E-state index in [9.17, 15) is 4.79 Å². The Labute approximate surface area is 180 Å². The van der Waals surface area contributed by atoms with E-state index in [0.717, 1.165) is 27.6 Å². The summed E-state index contributed by atoms with van der Waals surface area (Å²) in [4.78, 5) is 11.8. The summed E-state index contributed by atoms with van der Waals surface area (Å²) in [5.41, 5.74) is 3.01. The zero-order valence-corrected chi connectivity index (χ0v) is 17.6. The van der Waals surface area contributed by atoms with Gasteiger partial charge in [-0.1, -0.05) is 76.6 Å². The van der Waals surface area contributed by atoms with Gasteiger partial charge in [-0.15, -0.1) is 0 Å². The molecule has 0 spiro atoms. The topological polar surface area (TPSA) is 47.6 Å². The lowest BCUT2D eigenvalue weighted by Crippen LogP contribution is -2.40. The van der Waals surface area contributed by atoms with E-state index in [4.69, 9.17) is 9.47 Å². The number of ether oxygens (including phenoxy) is 2. The van der Waals surface area contributed by atoms with Gasteiger partial charge in [0.25, 0.3) is 0 Å². The summed E-state index contributed by atoms with van der Waals surface area (Å²) in [7, 11) is 0. The molecule has 4 nitrogen and oxygen atoms in total. The van der Waals surface area contributed by atoms with Crippen molar-refractivity contribution in [1.82, 2.24) is 0 Å². The molecule has 0 bridgehead atoms. The van der Waals surface area contributed by atoms with Crippen LogP contribution in [0.1, 0.15) is 11.1 Å². The molecule has 3 aromatic carbocycles. The van der Waals surface area contributed by atoms with Crippen LogP contribution < -0.4 is 5.32 Å². The standard InChI is InChI=1S/C24H24BrNO3/c25-21-11-13-22(14-12-21)26-23(18-28-16-19-7-3-1-4-8-19)24(15-27)29-17-20-9-5-2-6-10-20/h1-15,23-24,26H,16-18H2/t23-,24-/m1/s1. The first-order valence-electron chi connectivity index (χ1n) is 9.49. The first kappa shape index (κ1) is 21.2. The van der Waals surface area contributed by atoms with Crippen LogP contribution in [0.4, 0.5) is 5.69 Å². The largest absolute Gasteiger partial charge is 0.377 e. The van der Waals surface area contributed by atoms with Gasteiger partial charge >= 0.3 is 0 Å². The van der Waals surface area contributed by atoms with Crippen molar-refractivity contribution in [3.63, 3.8) is 0 Å². The Kier molecular flexibility index (Phi) is 8.43. The molecule has 5 heteroatoms. The number of hydrogen-bond donors (Lipinski definition) is 1. The predicted molar refractivity (Wildman–Crippen MR) is 119 cm³/mol. The first-order valence-corrected chi connectivity index (χ1v) is 10.3. The van der Waals surface area contributed by atoms with Crippen LogP contribution in [0, 0.1) is 0 Å². The van der Waals surface area contributed by atoms with Crippen molar-refractivity contribution in [2.24, 2.45) is 0 Å². The fourth-order valence-electron chi connectivity index (χ4n) is 2.87. The van der Waals surface area contributed by atoms with Crippen molar-refractivity contribution in [2.75, 3.05) is 11.9 Å². The number of carbonyl (C=O) groups is 1. The maximum absolute atomic E-state index is 11.8. The smallest absolute Gasteiger partial charge is 0.150 e. The molecule has 29 heavy (non-hydrogen) atoms. The van der Waals surface area contributed by atoms with Gasteiger partial charge in [0.15, 0.2) is 6.29 Å². The second kappa shape index (κ2) is 11.5. The molecule has 0 fully saturated rings. The van der Waals surface area contributed by atoms with E-state index >= 15 is 0 Å². The van der Waals surface area contributed by atoms with Gasteiger partial charge < -0.3 is 19.6 Å². The van der Waals surface area contributed by atoms with Crippen LogP contribution in [0.25, 0.3) is 0 Å². The number of carbonyl (C=O) groups excluding carboxylic acids is 1. The first-order chi connectivity index (χ1) is 14.2. The van der Waals surface area contributed by atoms with Crippen LogP contribution in [0.15, 0.2) is 89.4 Å². The summed E-state index contributed by atoms with van der Waals surface area (Å²) >= 11 is 3.44. The van der Waals surface area contributed by atoms with E-state index < -0.39 is 6.10 Å². The quantitative estimate of drug-likeness (QED) is 0.403. The molecule has 0 aromatic heterocycles. The van der Waals surface area contributed by atoms with Crippen LogP contribution in [0.5, 0.6) is 0 Å². The summed E-state index contributed by atoms with van der Waals surface area (Å²) in [5.74, 6) is 0. The van der Waals surface area contributed by atoms with Crippen molar-refractivity contribution in [1.29, 1.82) is 0 Å². The molecule has 3 aromatic rings. The molecular weight excluding hydrogens is 430 g/mol. The van der Waals surface area contributed by atoms with Gasteiger partial charge in [0.05, 0.1) is 25.9 Å². The van der Waals surface area contributed by atoms with Crippen molar-refractivity contribution < 1.29 is 14.3 Å². The number of hydrogen-bond acceptors (Lipinski definition) is 4. The van der Waals surface area contributed by atoms with Crippen molar-refractivity contribution >= 4 is 27.9 Å². The third-order valence-corrected chi connectivity index (χ3v) is 4.95. The van der Waals surface area contributed by atoms with Crippen LogP contribution >= 0.6 is 15.9 Å². The van der Waals surface area contributed by atoms with Crippen LogP contribution in [-0.4, -0.2) is 25.0 Å². The van der Waals surface area contributed by atoms with Gasteiger partial charge in [-0.25, -0.2) is 0 Å². The molecule has 3 rings (SSSR count). The Morgan fingerprint density at radius 1 is 0.828 bits per heavy atom. The zero-order chi connectivity index (χ0) is 20.3. The number of benzene rings is 3. The van der Waals surface area contributed by atoms with Crippen molar-refractivity contribution in [3.8, 4) is 0 Å². The third kappa shape index (κ3) is 7.13. The highest BCUT2D eigenvalue weighted by Gasteiger charge is 2.22. The van der Waals surface area contributed by atoms with Gasteiger partial charge in [0, 0.05) is 10.2 Å². The third-order valence-electron chi connectivity index (χ3n) is 4.42. The van der Waals surface area contributed by atoms with Gasteiger partial charge in [-0.05, 0) is 35.4 Å². The van der Waals surface area contributed by atoms with E-state index in [0.29, 0.717) is 19.8 Å². The van der Waals surface area contributed by atoms with E-state index in [1.807, 2.05) is 84.9 Å². The summed E-state index contributed by atoms with van der Waals surface area (Å²) < 4.78 is 12.8. The summed E-state index contributed by atoms with van der Waals surface area (Å²) in [6, 6.07) is 27.3. The van der Waals surface area contributed by atoms with Crippen molar-refractivity contribution in [2.45, 2.75) is 25.4 Å². The highest BCUT2D eigenvalue weighted by atomic mass is 79.9. The maximum Gasteiger partial charge on any atom is 0.150 e. The number of rotatable bonds is 11. The normalized spacial score (nSPS) is 12.9. The molecular formula is C24H24BrNO3. The molecule has 0 radical (unpaired) electrons. The Bertz CT molecular complexity index is 856.